The highest BCUT2D eigenvalue weighted by molar-refractivity contribution is 5.75. The van der Waals surface area contributed by atoms with E-state index in [4.69, 9.17) is 0 Å². The van der Waals surface area contributed by atoms with Gasteiger partial charge in [-0.1, -0.05) is 18.2 Å². The van der Waals surface area contributed by atoms with Gasteiger partial charge in [0.15, 0.2) is 0 Å². The first-order valence-corrected chi connectivity index (χ1v) is 6.70. The molecule has 5 heteroatoms. The number of hydrogen-bond acceptors (Lipinski definition) is 4. The van der Waals surface area contributed by atoms with Gasteiger partial charge in [0.1, 0.15) is 6.04 Å². The molecule has 1 atom stereocenters. The van der Waals surface area contributed by atoms with Crippen molar-refractivity contribution in [2.75, 3.05) is 19.0 Å². The van der Waals surface area contributed by atoms with E-state index in [2.05, 4.69) is 10.3 Å². The molecule has 1 unspecified atom stereocenters. The summed E-state index contributed by atoms with van der Waals surface area (Å²) in [4.78, 5) is 17.4. The molecule has 0 saturated carbocycles. The fraction of sp³-hybridized carbons (Fsp3) is 0.250. The summed E-state index contributed by atoms with van der Waals surface area (Å²) < 4.78 is 0. The van der Waals surface area contributed by atoms with Crippen molar-refractivity contribution in [1.29, 1.82) is 0 Å². The van der Waals surface area contributed by atoms with Crippen LogP contribution in [0.5, 0.6) is 0 Å². The molecule has 110 valence electrons. The van der Waals surface area contributed by atoms with E-state index < -0.39 is 12.0 Å². The van der Waals surface area contributed by atoms with Gasteiger partial charge in [-0.2, -0.15) is 0 Å². The van der Waals surface area contributed by atoms with Crippen LogP contribution in [-0.2, 0) is 11.3 Å². The smallest absolute Gasteiger partial charge is 0.325 e. The molecule has 0 bridgehead atoms. The third kappa shape index (κ3) is 4.03. The molecule has 0 radical (unpaired) electrons. The quantitative estimate of drug-likeness (QED) is 0.850. The summed E-state index contributed by atoms with van der Waals surface area (Å²) in [5, 5.41) is 12.4. The minimum Gasteiger partial charge on any atom is -0.480 e. The summed E-state index contributed by atoms with van der Waals surface area (Å²) in [5.41, 5.74) is 2.72. The van der Waals surface area contributed by atoms with Crippen molar-refractivity contribution in [3.05, 3.63) is 59.9 Å². The number of pyridine rings is 1. The molecular weight excluding hydrogens is 266 g/mol. The molecule has 0 aliphatic heterocycles. The monoisotopic (exact) mass is 285 g/mol. The van der Waals surface area contributed by atoms with Gasteiger partial charge in [0.25, 0.3) is 0 Å². The Balaban J connectivity index is 2.10. The Hall–Kier alpha value is -2.40. The molecule has 2 N–H and O–H groups in total. The lowest BCUT2D eigenvalue weighted by atomic mass is 10.1. The Morgan fingerprint density at radius 2 is 2.00 bits per heavy atom. The summed E-state index contributed by atoms with van der Waals surface area (Å²) in [7, 11) is 3.90. The minimum absolute atomic E-state index is 0.459. The van der Waals surface area contributed by atoms with E-state index in [1.54, 1.807) is 12.4 Å². The maximum Gasteiger partial charge on any atom is 0.325 e. The molecule has 0 fully saturated rings. The zero-order chi connectivity index (χ0) is 15.2. The van der Waals surface area contributed by atoms with E-state index in [1.807, 2.05) is 55.4 Å². The number of carbonyl (C=O) groups is 1. The number of nitrogens with zero attached hydrogens (tertiary/aromatic N) is 2. The van der Waals surface area contributed by atoms with Crippen LogP contribution in [0.4, 0.5) is 5.69 Å². The predicted molar refractivity (Wildman–Crippen MR) is 82.2 cm³/mol. The SMILES string of the molecule is CN(C)c1ccc(C(NCc2cccnc2)C(=O)O)cc1. The van der Waals surface area contributed by atoms with Gasteiger partial charge in [-0.15, -0.1) is 0 Å². The van der Waals surface area contributed by atoms with E-state index in [0.29, 0.717) is 6.54 Å². The summed E-state index contributed by atoms with van der Waals surface area (Å²) in [5.74, 6) is -0.892. The second-order valence-corrected chi connectivity index (χ2v) is 5.00. The molecule has 1 aromatic heterocycles. The number of rotatable bonds is 6. The fourth-order valence-corrected chi connectivity index (χ4v) is 2.04. The zero-order valence-electron chi connectivity index (χ0n) is 12.2. The van der Waals surface area contributed by atoms with Crippen molar-refractivity contribution in [1.82, 2.24) is 10.3 Å². The van der Waals surface area contributed by atoms with Crippen molar-refractivity contribution in [2.45, 2.75) is 12.6 Å². The summed E-state index contributed by atoms with van der Waals surface area (Å²) in [6, 6.07) is 10.5. The number of hydrogen-bond donors (Lipinski definition) is 2. The predicted octanol–water partition coefficient (Wildman–Crippen LogP) is 2.06. The molecule has 5 nitrogen and oxygen atoms in total. The summed E-state index contributed by atoms with van der Waals surface area (Å²) in [6.07, 6.45) is 3.42. The van der Waals surface area contributed by atoms with Crippen LogP contribution >= 0.6 is 0 Å². The Morgan fingerprint density at radius 3 is 2.52 bits per heavy atom. The topological polar surface area (TPSA) is 65.5 Å². The average molecular weight is 285 g/mol. The van der Waals surface area contributed by atoms with Crippen LogP contribution in [0.25, 0.3) is 0 Å². The molecule has 0 aliphatic carbocycles. The lowest BCUT2D eigenvalue weighted by molar-refractivity contribution is -0.139. The number of aromatic nitrogens is 1. The molecule has 2 aromatic rings. The number of nitrogens with one attached hydrogen (secondary N) is 1. The van der Waals surface area contributed by atoms with Gasteiger partial charge in [0.05, 0.1) is 0 Å². The highest BCUT2D eigenvalue weighted by Gasteiger charge is 2.19. The van der Waals surface area contributed by atoms with Gasteiger partial charge >= 0.3 is 5.97 Å². The molecule has 0 spiro atoms. The standard InChI is InChI=1S/C16H19N3O2/c1-19(2)14-7-5-13(6-8-14)15(16(20)21)18-11-12-4-3-9-17-10-12/h3-10,15,18H,11H2,1-2H3,(H,20,21). The van der Waals surface area contributed by atoms with Crippen molar-refractivity contribution in [2.24, 2.45) is 0 Å². The van der Waals surface area contributed by atoms with Crippen LogP contribution in [-0.4, -0.2) is 30.2 Å². The lowest BCUT2D eigenvalue weighted by Crippen LogP contribution is -2.28. The second-order valence-electron chi connectivity index (χ2n) is 5.00. The molecular formula is C16H19N3O2. The molecule has 0 saturated heterocycles. The Bertz CT molecular complexity index is 582. The van der Waals surface area contributed by atoms with E-state index in [-0.39, 0.29) is 0 Å². The molecule has 21 heavy (non-hydrogen) atoms. The van der Waals surface area contributed by atoms with E-state index in [0.717, 1.165) is 16.8 Å². The van der Waals surface area contributed by atoms with Crippen molar-refractivity contribution >= 4 is 11.7 Å². The number of aliphatic carboxylic acids is 1. The molecule has 1 aromatic carbocycles. The first kappa shape index (κ1) is 15.0. The van der Waals surface area contributed by atoms with Crippen LogP contribution in [0, 0.1) is 0 Å². The van der Waals surface area contributed by atoms with Crippen molar-refractivity contribution < 1.29 is 9.90 Å². The summed E-state index contributed by atoms with van der Waals surface area (Å²) >= 11 is 0. The molecule has 2 rings (SSSR count). The van der Waals surface area contributed by atoms with Crippen LogP contribution in [0.1, 0.15) is 17.2 Å². The van der Waals surface area contributed by atoms with Gasteiger partial charge in [0.2, 0.25) is 0 Å². The highest BCUT2D eigenvalue weighted by atomic mass is 16.4. The maximum atomic E-state index is 11.5. The highest BCUT2D eigenvalue weighted by Crippen LogP contribution is 2.18. The Morgan fingerprint density at radius 1 is 1.29 bits per heavy atom. The van der Waals surface area contributed by atoms with Crippen LogP contribution in [0.2, 0.25) is 0 Å². The second kappa shape index (κ2) is 6.85. The van der Waals surface area contributed by atoms with Gasteiger partial charge in [-0.05, 0) is 29.3 Å². The lowest BCUT2D eigenvalue weighted by Gasteiger charge is -2.17. The first-order chi connectivity index (χ1) is 10.1. The minimum atomic E-state index is -0.892. The third-order valence-electron chi connectivity index (χ3n) is 3.22. The first-order valence-electron chi connectivity index (χ1n) is 6.70. The number of carboxylic acid groups (broad SMARTS) is 1. The van der Waals surface area contributed by atoms with Gasteiger partial charge in [-0.3, -0.25) is 15.1 Å². The van der Waals surface area contributed by atoms with E-state index >= 15 is 0 Å². The Labute approximate surface area is 124 Å². The van der Waals surface area contributed by atoms with Crippen molar-refractivity contribution in [3.63, 3.8) is 0 Å². The molecule has 0 aliphatic rings. The van der Waals surface area contributed by atoms with Crippen LogP contribution < -0.4 is 10.2 Å². The van der Waals surface area contributed by atoms with E-state index in [1.165, 1.54) is 0 Å². The van der Waals surface area contributed by atoms with Crippen LogP contribution in [0.15, 0.2) is 48.8 Å². The third-order valence-corrected chi connectivity index (χ3v) is 3.22. The maximum absolute atomic E-state index is 11.5. The normalized spacial score (nSPS) is 11.9. The molecule has 1 heterocycles. The number of carboxylic acids is 1. The average Bonchev–Trinajstić information content (AvgIpc) is 2.48. The van der Waals surface area contributed by atoms with Gasteiger partial charge in [0, 0.05) is 38.7 Å². The van der Waals surface area contributed by atoms with Gasteiger partial charge < -0.3 is 10.0 Å². The number of anilines is 1. The van der Waals surface area contributed by atoms with Crippen molar-refractivity contribution in [3.8, 4) is 0 Å². The Kier molecular flexibility index (Phi) is 4.90. The zero-order valence-corrected chi connectivity index (χ0v) is 12.2. The van der Waals surface area contributed by atoms with Gasteiger partial charge in [-0.25, -0.2) is 0 Å². The van der Waals surface area contributed by atoms with E-state index in [9.17, 15) is 9.90 Å². The molecule has 0 amide bonds. The fourth-order valence-electron chi connectivity index (χ4n) is 2.04. The number of benzene rings is 1. The van der Waals surface area contributed by atoms with Crippen LogP contribution in [0.3, 0.4) is 0 Å². The summed E-state index contributed by atoms with van der Waals surface area (Å²) in [6.45, 7) is 0.459. The largest absolute Gasteiger partial charge is 0.480 e.